The maximum atomic E-state index is 10.6. The molecule has 0 amide bonds. The Labute approximate surface area is 102 Å². The molecule has 0 aliphatic heterocycles. The largest absolute Gasteiger partial charge is 0.481 e. The molecule has 1 aromatic carbocycles. The van der Waals surface area contributed by atoms with E-state index in [4.69, 9.17) is 10.8 Å². The van der Waals surface area contributed by atoms with Gasteiger partial charge in [0, 0.05) is 0 Å². The zero-order valence-electron chi connectivity index (χ0n) is 9.98. The number of hydrogen-bond acceptors (Lipinski definition) is 2. The van der Waals surface area contributed by atoms with Crippen LogP contribution >= 0.6 is 0 Å². The molecule has 0 unspecified atom stereocenters. The third kappa shape index (κ3) is 2.86. The fourth-order valence-electron chi connectivity index (χ4n) is 2.51. The van der Waals surface area contributed by atoms with E-state index < -0.39 is 5.97 Å². The van der Waals surface area contributed by atoms with E-state index in [1.807, 2.05) is 24.3 Å². The van der Waals surface area contributed by atoms with E-state index in [1.54, 1.807) is 0 Å². The van der Waals surface area contributed by atoms with Crippen molar-refractivity contribution in [2.75, 3.05) is 6.54 Å². The van der Waals surface area contributed by atoms with Crippen LogP contribution < -0.4 is 5.73 Å². The summed E-state index contributed by atoms with van der Waals surface area (Å²) < 4.78 is 0. The fourth-order valence-corrected chi connectivity index (χ4v) is 2.51. The van der Waals surface area contributed by atoms with Crippen LogP contribution in [0.25, 0.3) is 0 Å². The highest BCUT2D eigenvalue weighted by Gasteiger charge is 2.35. The Morgan fingerprint density at radius 1 is 1.24 bits per heavy atom. The van der Waals surface area contributed by atoms with Gasteiger partial charge in [-0.15, -0.1) is 0 Å². The SMILES string of the molecule is NCC1(Cc2ccc(CC(=O)O)cc2)CCC1. The molecule has 3 N–H and O–H groups in total. The van der Waals surface area contributed by atoms with Crippen molar-refractivity contribution in [3.63, 3.8) is 0 Å². The average Bonchev–Trinajstić information content (AvgIpc) is 2.25. The highest BCUT2D eigenvalue weighted by Crippen LogP contribution is 2.42. The van der Waals surface area contributed by atoms with Crippen molar-refractivity contribution in [1.29, 1.82) is 0 Å². The van der Waals surface area contributed by atoms with E-state index in [0.717, 1.165) is 18.5 Å². The van der Waals surface area contributed by atoms with Crippen molar-refractivity contribution in [2.24, 2.45) is 11.1 Å². The number of aliphatic carboxylic acids is 1. The molecule has 1 aliphatic carbocycles. The maximum absolute atomic E-state index is 10.6. The molecular weight excluding hydrogens is 214 g/mol. The Morgan fingerprint density at radius 3 is 2.24 bits per heavy atom. The lowest BCUT2D eigenvalue weighted by Crippen LogP contribution is -2.39. The molecule has 2 rings (SSSR count). The standard InChI is InChI=1S/C14H19NO2/c15-10-14(6-1-7-14)9-12-4-2-11(3-5-12)8-13(16)17/h2-5H,1,6-10,15H2,(H,16,17). The topological polar surface area (TPSA) is 63.3 Å². The molecule has 0 saturated heterocycles. The van der Waals surface area contributed by atoms with Gasteiger partial charge in [-0.05, 0) is 42.3 Å². The molecule has 1 saturated carbocycles. The average molecular weight is 233 g/mol. The number of carbonyl (C=O) groups is 1. The van der Waals surface area contributed by atoms with Gasteiger partial charge in [-0.3, -0.25) is 4.79 Å². The smallest absolute Gasteiger partial charge is 0.307 e. The summed E-state index contributed by atoms with van der Waals surface area (Å²) in [4.78, 5) is 10.6. The van der Waals surface area contributed by atoms with Gasteiger partial charge in [0.2, 0.25) is 0 Å². The second kappa shape index (κ2) is 4.88. The number of rotatable bonds is 5. The number of carboxylic acid groups (broad SMARTS) is 1. The van der Waals surface area contributed by atoms with Crippen molar-refractivity contribution >= 4 is 5.97 Å². The van der Waals surface area contributed by atoms with Crippen molar-refractivity contribution in [2.45, 2.75) is 32.1 Å². The summed E-state index contributed by atoms with van der Waals surface area (Å²) in [6.07, 6.45) is 4.86. The number of carboxylic acids is 1. The zero-order valence-corrected chi connectivity index (χ0v) is 9.98. The van der Waals surface area contributed by atoms with Crippen LogP contribution in [-0.2, 0) is 17.6 Å². The first-order chi connectivity index (χ1) is 8.13. The molecule has 0 spiro atoms. The normalized spacial score (nSPS) is 17.5. The Morgan fingerprint density at radius 2 is 1.82 bits per heavy atom. The summed E-state index contributed by atoms with van der Waals surface area (Å²) in [6, 6.07) is 7.89. The van der Waals surface area contributed by atoms with E-state index in [-0.39, 0.29) is 6.42 Å². The second-order valence-corrected chi connectivity index (χ2v) is 5.12. The van der Waals surface area contributed by atoms with Crippen LogP contribution in [0.4, 0.5) is 0 Å². The number of hydrogen-bond donors (Lipinski definition) is 2. The molecule has 0 atom stereocenters. The number of benzene rings is 1. The molecule has 0 bridgehead atoms. The van der Waals surface area contributed by atoms with E-state index in [0.29, 0.717) is 5.41 Å². The Balaban J connectivity index is 2.00. The molecule has 17 heavy (non-hydrogen) atoms. The van der Waals surface area contributed by atoms with E-state index in [1.165, 1.54) is 24.8 Å². The fraction of sp³-hybridized carbons (Fsp3) is 0.500. The molecule has 0 aromatic heterocycles. The summed E-state index contributed by atoms with van der Waals surface area (Å²) >= 11 is 0. The molecule has 1 aromatic rings. The highest BCUT2D eigenvalue weighted by molar-refractivity contribution is 5.70. The van der Waals surface area contributed by atoms with E-state index in [2.05, 4.69) is 0 Å². The summed E-state index contributed by atoms with van der Waals surface area (Å²) in [5.41, 5.74) is 8.27. The van der Waals surface area contributed by atoms with Gasteiger partial charge in [-0.25, -0.2) is 0 Å². The van der Waals surface area contributed by atoms with Crippen molar-refractivity contribution < 1.29 is 9.90 Å². The van der Waals surface area contributed by atoms with Crippen LogP contribution in [0.3, 0.4) is 0 Å². The minimum Gasteiger partial charge on any atom is -0.481 e. The first kappa shape index (κ1) is 12.1. The van der Waals surface area contributed by atoms with Gasteiger partial charge < -0.3 is 10.8 Å². The van der Waals surface area contributed by atoms with Crippen molar-refractivity contribution in [3.05, 3.63) is 35.4 Å². The molecular formula is C14H19NO2. The molecule has 3 nitrogen and oxygen atoms in total. The van der Waals surface area contributed by atoms with Crippen LogP contribution in [0.15, 0.2) is 24.3 Å². The summed E-state index contributed by atoms with van der Waals surface area (Å²) in [5, 5.41) is 8.69. The quantitative estimate of drug-likeness (QED) is 0.817. The molecule has 0 radical (unpaired) electrons. The Bertz CT molecular complexity index is 388. The zero-order chi connectivity index (χ0) is 12.3. The summed E-state index contributed by atoms with van der Waals surface area (Å²) in [5.74, 6) is -0.782. The van der Waals surface area contributed by atoms with Gasteiger partial charge in [0.15, 0.2) is 0 Å². The van der Waals surface area contributed by atoms with Gasteiger partial charge in [-0.1, -0.05) is 30.7 Å². The molecule has 3 heteroatoms. The van der Waals surface area contributed by atoms with Crippen molar-refractivity contribution in [1.82, 2.24) is 0 Å². The maximum Gasteiger partial charge on any atom is 0.307 e. The monoisotopic (exact) mass is 233 g/mol. The third-order valence-electron chi connectivity index (χ3n) is 3.80. The summed E-state index contributed by atoms with van der Waals surface area (Å²) in [6.45, 7) is 0.754. The minimum atomic E-state index is -0.782. The lowest BCUT2D eigenvalue weighted by Gasteiger charge is -2.41. The minimum absolute atomic E-state index is 0.0995. The van der Waals surface area contributed by atoms with E-state index >= 15 is 0 Å². The van der Waals surface area contributed by atoms with Crippen LogP contribution in [-0.4, -0.2) is 17.6 Å². The van der Waals surface area contributed by atoms with Crippen LogP contribution in [0.2, 0.25) is 0 Å². The Hall–Kier alpha value is -1.35. The third-order valence-corrected chi connectivity index (χ3v) is 3.80. The molecule has 0 heterocycles. The van der Waals surface area contributed by atoms with Crippen LogP contribution in [0.5, 0.6) is 0 Å². The van der Waals surface area contributed by atoms with Gasteiger partial charge in [0.25, 0.3) is 0 Å². The first-order valence-electron chi connectivity index (χ1n) is 6.13. The number of nitrogens with two attached hydrogens (primary N) is 1. The predicted octanol–water partition coefficient (Wildman–Crippen LogP) is 1.99. The Kier molecular flexibility index (Phi) is 3.48. The van der Waals surface area contributed by atoms with Crippen LogP contribution in [0.1, 0.15) is 30.4 Å². The van der Waals surface area contributed by atoms with Crippen molar-refractivity contribution in [3.8, 4) is 0 Å². The molecule has 1 aliphatic rings. The van der Waals surface area contributed by atoms with Gasteiger partial charge in [-0.2, -0.15) is 0 Å². The second-order valence-electron chi connectivity index (χ2n) is 5.12. The molecule has 1 fully saturated rings. The first-order valence-corrected chi connectivity index (χ1v) is 6.13. The lowest BCUT2D eigenvalue weighted by atomic mass is 9.65. The van der Waals surface area contributed by atoms with E-state index in [9.17, 15) is 4.79 Å². The predicted molar refractivity (Wildman–Crippen MR) is 66.8 cm³/mol. The van der Waals surface area contributed by atoms with Crippen LogP contribution in [0, 0.1) is 5.41 Å². The van der Waals surface area contributed by atoms with Gasteiger partial charge >= 0.3 is 5.97 Å². The van der Waals surface area contributed by atoms with Gasteiger partial charge in [0.1, 0.15) is 0 Å². The molecule has 92 valence electrons. The summed E-state index contributed by atoms with van der Waals surface area (Å²) in [7, 11) is 0. The highest BCUT2D eigenvalue weighted by atomic mass is 16.4. The lowest BCUT2D eigenvalue weighted by molar-refractivity contribution is -0.136. The van der Waals surface area contributed by atoms with Gasteiger partial charge in [0.05, 0.1) is 6.42 Å².